The second-order valence-corrected chi connectivity index (χ2v) is 7.84. The summed E-state index contributed by atoms with van der Waals surface area (Å²) in [5, 5.41) is 16.1. The zero-order valence-electron chi connectivity index (χ0n) is 16.7. The highest BCUT2D eigenvalue weighted by Crippen LogP contribution is 2.33. The molecule has 146 valence electrons. The first-order valence-corrected chi connectivity index (χ1v) is 8.74. The lowest BCUT2D eigenvalue weighted by atomic mass is 9.83. The number of carbonyl (C=O) groups is 2. The number of carbonyl (C=O) groups excluding carboxylic acids is 1. The summed E-state index contributed by atoms with van der Waals surface area (Å²) in [5.41, 5.74) is 2.68. The van der Waals surface area contributed by atoms with Gasteiger partial charge in [-0.15, -0.1) is 0 Å². The van der Waals surface area contributed by atoms with Crippen molar-refractivity contribution in [2.24, 2.45) is 12.5 Å². The summed E-state index contributed by atoms with van der Waals surface area (Å²) in [4.78, 5) is 23.6. The molecule has 1 atom stereocenters. The molecule has 0 radical (unpaired) electrons. The Hall–Kier alpha value is -2.83. The summed E-state index contributed by atoms with van der Waals surface area (Å²) < 4.78 is 7.04. The van der Waals surface area contributed by atoms with Gasteiger partial charge in [0.25, 0.3) is 5.91 Å². The number of rotatable bonds is 6. The van der Waals surface area contributed by atoms with Gasteiger partial charge in [0, 0.05) is 24.4 Å². The van der Waals surface area contributed by atoms with Crippen molar-refractivity contribution in [1.82, 2.24) is 15.1 Å². The lowest BCUT2D eigenvalue weighted by Crippen LogP contribution is -2.36. The highest BCUT2D eigenvalue weighted by atomic mass is 16.5. The molecule has 1 amide bonds. The number of hydrogen-bond donors (Lipinski definition) is 2. The molecule has 0 aliphatic heterocycles. The second-order valence-electron chi connectivity index (χ2n) is 7.84. The maximum absolute atomic E-state index is 12.9. The van der Waals surface area contributed by atoms with E-state index in [1.807, 2.05) is 13.2 Å². The van der Waals surface area contributed by atoms with E-state index in [0.29, 0.717) is 11.3 Å². The molecule has 1 aromatic carbocycles. The third-order valence-electron chi connectivity index (χ3n) is 4.26. The van der Waals surface area contributed by atoms with Gasteiger partial charge < -0.3 is 15.2 Å². The first-order valence-electron chi connectivity index (χ1n) is 8.74. The molecule has 7 heteroatoms. The van der Waals surface area contributed by atoms with Gasteiger partial charge in [0.15, 0.2) is 6.61 Å². The largest absolute Gasteiger partial charge is 0.481 e. The number of benzene rings is 1. The molecular formula is C20H27N3O4. The van der Waals surface area contributed by atoms with E-state index in [1.54, 1.807) is 36.9 Å². The average molecular weight is 373 g/mol. The van der Waals surface area contributed by atoms with Gasteiger partial charge in [-0.05, 0) is 42.5 Å². The van der Waals surface area contributed by atoms with Crippen molar-refractivity contribution in [3.63, 3.8) is 0 Å². The number of nitrogens with one attached hydrogen (secondary N) is 1. The van der Waals surface area contributed by atoms with E-state index in [2.05, 4.69) is 31.2 Å². The molecule has 1 aromatic heterocycles. The normalized spacial score (nSPS) is 12.5. The summed E-state index contributed by atoms with van der Waals surface area (Å²) in [6.45, 7) is 9.35. The van der Waals surface area contributed by atoms with Crippen LogP contribution in [0.3, 0.4) is 0 Å². The van der Waals surface area contributed by atoms with Gasteiger partial charge in [-0.3, -0.25) is 9.48 Å². The molecule has 0 aliphatic carbocycles. The summed E-state index contributed by atoms with van der Waals surface area (Å²) in [7, 11) is 1.84. The number of amides is 1. The molecule has 0 bridgehead atoms. The van der Waals surface area contributed by atoms with Crippen LogP contribution < -0.4 is 10.1 Å². The molecule has 2 N–H and O–H groups in total. The van der Waals surface area contributed by atoms with Gasteiger partial charge in [-0.2, -0.15) is 5.10 Å². The minimum absolute atomic E-state index is 0.199. The predicted octanol–water partition coefficient (Wildman–Crippen LogP) is 3.02. The van der Waals surface area contributed by atoms with Gasteiger partial charge in [-0.25, -0.2) is 4.79 Å². The number of aryl methyl sites for hydroxylation is 3. The number of carboxylic acid groups (broad SMARTS) is 1. The molecule has 2 rings (SSSR count). The van der Waals surface area contributed by atoms with E-state index in [1.165, 1.54) is 0 Å². The number of nitrogens with zero attached hydrogens (tertiary/aromatic N) is 2. The van der Waals surface area contributed by atoms with E-state index in [-0.39, 0.29) is 17.4 Å². The van der Waals surface area contributed by atoms with Crippen molar-refractivity contribution < 1.29 is 19.4 Å². The Kier molecular flexibility index (Phi) is 5.93. The molecule has 1 heterocycles. The van der Waals surface area contributed by atoms with Crippen molar-refractivity contribution in [2.45, 2.75) is 40.7 Å². The molecule has 1 unspecified atom stereocenters. The summed E-state index contributed by atoms with van der Waals surface area (Å²) in [6.07, 6.45) is 3.66. The summed E-state index contributed by atoms with van der Waals surface area (Å²) in [6, 6.07) is 3.22. The van der Waals surface area contributed by atoms with Gasteiger partial charge in [0.2, 0.25) is 0 Å². The van der Waals surface area contributed by atoms with Crippen LogP contribution in [0, 0.1) is 19.3 Å². The first-order chi connectivity index (χ1) is 12.5. The van der Waals surface area contributed by atoms with E-state index >= 15 is 0 Å². The Morgan fingerprint density at radius 1 is 1.26 bits per heavy atom. The van der Waals surface area contributed by atoms with Crippen LogP contribution in [-0.2, 0) is 11.8 Å². The third-order valence-corrected chi connectivity index (χ3v) is 4.26. The molecular weight excluding hydrogens is 346 g/mol. The number of aromatic nitrogens is 2. The SMILES string of the molecule is Cc1cc(C(=O)NC(c2cnn(C)c2)C(C)(C)C)cc(C)c1OCC(=O)O. The van der Waals surface area contributed by atoms with Crippen molar-refractivity contribution >= 4 is 11.9 Å². The van der Waals surface area contributed by atoms with E-state index in [9.17, 15) is 9.59 Å². The number of ether oxygens (including phenoxy) is 1. The van der Waals surface area contributed by atoms with Gasteiger partial charge >= 0.3 is 5.97 Å². The van der Waals surface area contributed by atoms with Gasteiger partial charge in [0.05, 0.1) is 12.2 Å². The van der Waals surface area contributed by atoms with E-state index < -0.39 is 12.6 Å². The maximum Gasteiger partial charge on any atom is 0.341 e. The van der Waals surface area contributed by atoms with Crippen molar-refractivity contribution in [1.29, 1.82) is 0 Å². The van der Waals surface area contributed by atoms with Crippen LogP contribution in [-0.4, -0.2) is 33.4 Å². The van der Waals surface area contributed by atoms with Crippen molar-refractivity contribution in [3.05, 3.63) is 46.8 Å². The summed E-state index contributed by atoms with van der Waals surface area (Å²) in [5.74, 6) is -0.747. The molecule has 2 aromatic rings. The van der Waals surface area contributed by atoms with Crippen molar-refractivity contribution in [3.8, 4) is 5.75 Å². The topological polar surface area (TPSA) is 93.5 Å². The predicted molar refractivity (Wildman–Crippen MR) is 102 cm³/mol. The lowest BCUT2D eigenvalue weighted by molar-refractivity contribution is -0.139. The fourth-order valence-electron chi connectivity index (χ4n) is 3.05. The molecule has 0 saturated heterocycles. The first kappa shape index (κ1) is 20.5. The monoisotopic (exact) mass is 373 g/mol. The van der Waals surface area contributed by atoms with Crippen LogP contribution >= 0.6 is 0 Å². The number of hydrogen-bond acceptors (Lipinski definition) is 4. The summed E-state index contributed by atoms with van der Waals surface area (Å²) >= 11 is 0. The molecule has 0 saturated carbocycles. The Morgan fingerprint density at radius 3 is 2.30 bits per heavy atom. The fourth-order valence-corrected chi connectivity index (χ4v) is 3.05. The van der Waals surface area contributed by atoms with E-state index in [0.717, 1.165) is 16.7 Å². The zero-order valence-corrected chi connectivity index (χ0v) is 16.7. The molecule has 0 spiro atoms. The van der Waals surface area contributed by atoms with Gasteiger partial charge in [-0.1, -0.05) is 20.8 Å². The highest BCUT2D eigenvalue weighted by Gasteiger charge is 2.29. The maximum atomic E-state index is 12.9. The van der Waals surface area contributed by atoms with E-state index in [4.69, 9.17) is 9.84 Å². The Morgan fingerprint density at radius 2 is 1.85 bits per heavy atom. The van der Waals surface area contributed by atoms with Crippen LogP contribution in [0.2, 0.25) is 0 Å². The third kappa shape index (κ3) is 5.09. The molecule has 27 heavy (non-hydrogen) atoms. The molecule has 0 aliphatic rings. The highest BCUT2D eigenvalue weighted by molar-refractivity contribution is 5.95. The quantitative estimate of drug-likeness (QED) is 0.812. The Labute approximate surface area is 159 Å². The Bertz CT molecular complexity index is 826. The second kappa shape index (κ2) is 7.82. The minimum atomic E-state index is -1.04. The van der Waals surface area contributed by atoms with Crippen molar-refractivity contribution in [2.75, 3.05) is 6.61 Å². The van der Waals surface area contributed by atoms with Crippen LogP contribution in [0.1, 0.15) is 53.9 Å². The molecule has 7 nitrogen and oxygen atoms in total. The number of carboxylic acids is 1. The standard InChI is InChI=1S/C20H27N3O4/c1-12-7-14(8-13(2)17(12)27-11-16(24)25)19(26)22-18(20(3,4)5)15-9-21-23(6)10-15/h7-10,18H,11H2,1-6H3,(H,22,26)(H,24,25). The van der Waals surface area contributed by atoms with Crippen LogP contribution in [0.4, 0.5) is 0 Å². The molecule has 0 fully saturated rings. The van der Waals surface area contributed by atoms with Crippen LogP contribution in [0.15, 0.2) is 24.5 Å². The lowest BCUT2D eigenvalue weighted by Gasteiger charge is -2.31. The van der Waals surface area contributed by atoms with Gasteiger partial charge in [0.1, 0.15) is 5.75 Å². The number of aliphatic carboxylic acids is 1. The fraction of sp³-hybridized carbons (Fsp3) is 0.450. The zero-order chi connectivity index (χ0) is 20.4. The van der Waals surface area contributed by atoms with Crippen LogP contribution in [0.25, 0.3) is 0 Å². The van der Waals surface area contributed by atoms with Crippen LogP contribution in [0.5, 0.6) is 5.75 Å². The average Bonchev–Trinajstić information content (AvgIpc) is 2.95. The minimum Gasteiger partial charge on any atom is -0.481 e. The Balaban J connectivity index is 2.27. The smallest absolute Gasteiger partial charge is 0.341 e.